The number of hydrogen-bond donors (Lipinski definition) is 1. The Morgan fingerprint density at radius 3 is 2.52 bits per heavy atom. The summed E-state index contributed by atoms with van der Waals surface area (Å²) in [4.78, 5) is 10.7. The van der Waals surface area contributed by atoms with Crippen LogP contribution in [-0.4, -0.2) is 46.3 Å². The minimum absolute atomic E-state index is 0. The summed E-state index contributed by atoms with van der Waals surface area (Å²) in [5.74, 6) is 2.65. The molecule has 0 amide bonds. The highest BCUT2D eigenvalue weighted by Gasteiger charge is 2.20. The first kappa shape index (κ1) is 21.7. The van der Waals surface area contributed by atoms with E-state index in [1.165, 1.54) is 31.2 Å². The van der Waals surface area contributed by atoms with Crippen LogP contribution in [0.4, 0.5) is 0 Å². The van der Waals surface area contributed by atoms with Gasteiger partial charge in [-0.1, -0.05) is 31.9 Å². The molecule has 148 valence electrons. The lowest BCUT2D eigenvalue weighted by Crippen LogP contribution is -2.41. The first-order chi connectivity index (χ1) is 12.7. The highest BCUT2D eigenvalue weighted by Crippen LogP contribution is 2.28. The minimum atomic E-state index is 0. The van der Waals surface area contributed by atoms with Crippen molar-refractivity contribution in [2.45, 2.75) is 39.2 Å². The number of benzene rings is 1. The van der Waals surface area contributed by atoms with E-state index < -0.39 is 0 Å². The maximum absolute atomic E-state index is 4.45. The van der Waals surface area contributed by atoms with Gasteiger partial charge < -0.3 is 10.2 Å². The highest BCUT2D eigenvalue weighted by molar-refractivity contribution is 14.0. The molecule has 1 fully saturated rings. The number of guanidine groups is 1. The summed E-state index contributed by atoms with van der Waals surface area (Å²) in [6.45, 7) is 4.21. The molecular formula is C20H31IN6. The molecule has 3 rings (SSSR count). The van der Waals surface area contributed by atoms with Gasteiger partial charge in [0.1, 0.15) is 12.7 Å². The fraction of sp³-hybridized carbons (Fsp3) is 0.550. The summed E-state index contributed by atoms with van der Waals surface area (Å²) in [6.07, 6.45) is 8.65. The van der Waals surface area contributed by atoms with Gasteiger partial charge in [0, 0.05) is 27.2 Å². The Balaban J connectivity index is 0.00000261. The fourth-order valence-corrected chi connectivity index (χ4v) is 3.66. The zero-order valence-corrected chi connectivity index (χ0v) is 18.8. The van der Waals surface area contributed by atoms with Crippen LogP contribution in [0, 0.1) is 11.8 Å². The van der Waals surface area contributed by atoms with Crippen molar-refractivity contribution in [3.05, 3.63) is 42.5 Å². The van der Waals surface area contributed by atoms with Crippen LogP contribution >= 0.6 is 24.0 Å². The predicted octanol–water partition coefficient (Wildman–Crippen LogP) is 3.72. The Morgan fingerprint density at radius 2 is 1.93 bits per heavy atom. The Labute approximate surface area is 179 Å². The van der Waals surface area contributed by atoms with Crippen LogP contribution < -0.4 is 5.32 Å². The molecule has 1 N–H and O–H groups in total. The molecule has 0 unspecified atom stereocenters. The van der Waals surface area contributed by atoms with Crippen LogP contribution in [0.3, 0.4) is 0 Å². The molecular weight excluding hydrogens is 451 g/mol. The van der Waals surface area contributed by atoms with E-state index in [0.717, 1.165) is 36.6 Å². The fourth-order valence-electron chi connectivity index (χ4n) is 3.66. The summed E-state index contributed by atoms with van der Waals surface area (Å²) in [5.41, 5.74) is 2.23. The normalized spacial score (nSPS) is 20.0. The quantitative estimate of drug-likeness (QED) is 0.401. The predicted molar refractivity (Wildman–Crippen MR) is 121 cm³/mol. The number of nitrogens with zero attached hydrogens (tertiary/aromatic N) is 5. The van der Waals surface area contributed by atoms with Gasteiger partial charge in [0.15, 0.2) is 5.96 Å². The van der Waals surface area contributed by atoms with Crippen molar-refractivity contribution in [2.24, 2.45) is 16.8 Å². The van der Waals surface area contributed by atoms with Crippen LogP contribution in [0.1, 0.15) is 38.2 Å². The van der Waals surface area contributed by atoms with Gasteiger partial charge in [-0.15, -0.1) is 24.0 Å². The van der Waals surface area contributed by atoms with Gasteiger partial charge in [0.05, 0.1) is 5.69 Å². The van der Waals surface area contributed by atoms with Crippen LogP contribution in [0.15, 0.2) is 41.9 Å². The van der Waals surface area contributed by atoms with E-state index in [4.69, 9.17) is 0 Å². The largest absolute Gasteiger partial charge is 0.352 e. The summed E-state index contributed by atoms with van der Waals surface area (Å²) >= 11 is 0. The molecule has 2 aromatic rings. The minimum Gasteiger partial charge on any atom is -0.352 e. The number of hydrogen-bond acceptors (Lipinski definition) is 3. The van der Waals surface area contributed by atoms with E-state index >= 15 is 0 Å². The van der Waals surface area contributed by atoms with Crippen molar-refractivity contribution in [1.82, 2.24) is 25.0 Å². The number of rotatable bonds is 5. The van der Waals surface area contributed by atoms with Gasteiger partial charge in [-0.05, 0) is 42.4 Å². The number of aliphatic imine (C=N–C) groups is 1. The summed E-state index contributed by atoms with van der Waals surface area (Å²) < 4.78 is 1.76. The monoisotopic (exact) mass is 482 g/mol. The molecule has 0 aliphatic heterocycles. The molecule has 1 aliphatic rings. The van der Waals surface area contributed by atoms with E-state index in [-0.39, 0.29) is 24.0 Å². The molecule has 1 aliphatic carbocycles. The maximum atomic E-state index is 4.45. The summed E-state index contributed by atoms with van der Waals surface area (Å²) in [7, 11) is 4.00. The van der Waals surface area contributed by atoms with Gasteiger partial charge in [-0.3, -0.25) is 4.99 Å². The number of nitrogens with one attached hydrogen (secondary N) is 1. The van der Waals surface area contributed by atoms with Crippen molar-refractivity contribution >= 4 is 29.9 Å². The topological polar surface area (TPSA) is 58.3 Å². The molecule has 27 heavy (non-hydrogen) atoms. The van der Waals surface area contributed by atoms with E-state index in [9.17, 15) is 0 Å². The highest BCUT2D eigenvalue weighted by atomic mass is 127. The zero-order chi connectivity index (χ0) is 18.4. The molecule has 1 saturated carbocycles. The second kappa shape index (κ2) is 10.6. The maximum Gasteiger partial charge on any atom is 0.193 e. The Morgan fingerprint density at radius 1 is 1.22 bits per heavy atom. The van der Waals surface area contributed by atoms with Crippen LogP contribution in [0.5, 0.6) is 0 Å². The SMILES string of the molecule is CN=C(NCc1ccc(-n2cncn2)cc1)N(C)CC1CCC(C)CC1.I. The first-order valence-corrected chi connectivity index (χ1v) is 9.51. The van der Waals surface area contributed by atoms with Crippen molar-refractivity contribution in [3.8, 4) is 5.69 Å². The summed E-state index contributed by atoms with van der Waals surface area (Å²) in [6, 6.07) is 8.34. The Kier molecular flexibility index (Phi) is 8.53. The second-order valence-corrected chi connectivity index (χ2v) is 7.41. The lowest BCUT2D eigenvalue weighted by Gasteiger charge is -2.31. The molecule has 0 atom stereocenters. The van der Waals surface area contributed by atoms with Crippen LogP contribution in [0.25, 0.3) is 5.69 Å². The van der Waals surface area contributed by atoms with Gasteiger partial charge in [0.2, 0.25) is 0 Å². The van der Waals surface area contributed by atoms with E-state index in [0.29, 0.717) is 0 Å². The van der Waals surface area contributed by atoms with Crippen molar-refractivity contribution in [1.29, 1.82) is 0 Å². The van der Waals surface area contributed by atoms with E-state index in [2.05, 4.69) is 63.5 Å². The number of aromatic nitrogens is 3. The van der Waals surface area contributed by atoms with Gasteiger partial charge >= 0.3 is 0 Å². The lowest BCUT2D eigenvalue weighted by atomic mass is 9.83. The molecule has 1 aromatic carbocycles. The molecule has 7 heteroatoms. The van der Waals surface area contributed by atoms with Gasteiger partial charge in [-0.25, -0.2) is 9.67 Å². The third-order valence-corrected chi connectivity index (χ3v) is 5.31. The Bertz CT molecular complexity index is 690. The zero-order valence-electron chi connectivity index (χ0n) is 16.5. The molecule has 6 nitrogen and oxygen atoms in total. The van der Waals surface area contributed by atoms with Crippen molar-refractivity contribution in [2.75, 3.05) is 20.6 Å². The first-order valence-electron chi connectivity index (χ1n) is 9.51. The Hall–Kier alpha value is -1.64. The molecule has 0 spiro atoms. The molecule has 0 bridgehead atoms. The van der Waals surface area contributed by atoms with Crippen LogP contribution in [-0.2, 0) is 6.54 Å². The second-order valence-electron chi connectivity index (χ2n) is 7.41. The van der Waals surface area contributed by atoms with E-state index in [1.807, 2.05) is 7.05 Å². The third-order valence-electron chi connectivity index (χ3n) is 5.31. The lowest BCUT2D eigenvalue weighted by molar-refractivity contribution is 0.250. The average molecular weight is 482 g/mol. The average Bonchev–Trinajstić information content (AvgIpc) is 3.19. The number of halogens is 1. The van der Waals surface area contributed by atoms with Crippen molar-refractivity contribution < 1.29 is 0 Å². The van der Waals surface area contributed by atoms with E-state index in [1.54, 1.807) is 17.3 Å². The van der Waals surface area contributed by atoms with Gasteiger partial charge in [0.25, 0.3) is 0 Å². The molecule has 1 heterocycles. The van der Waals surface area contributed by atoms with Gasteiger partial charge in [-0.2, -0.15) is 5.10 Å². The molecule has 1 aromatic heterocycles. The van der Waals surface area contributed by atoms with Crippen molar-refractivity contribution in [3.63, 3.8) is 0 Å². The smallest absolute Gasteiger partial charge is 0.193 e. The standard InChI is InChI=1S/C20H30N6.HI/c1-16-4-6-18(7-5-16)13-25(3)20(21-2)23-12-17-8-10-19(11-9-17)26-15-22-14-24-26;/h8-11,14-16,18H,4-7,12-13H2,1-3H3,(H,21,23);1H. The molecule has 0 saturated heterocycles. The van der Waals surface area contributed by atoms with Crippen LogP contribution in [0.2, 0.25) is 0 Å². The third kappa shape index (κ3) is 6.19. The molecule has 0 radical (unpaired) electrons. The summed E-state index contributed by atoms with van der Waals surface area (Å²) in [5, 5.41) is 7.63.